The van der Waals surface area contributed by atoms with E-state index in [1.54, 1.807) is 6.07 Å². The molecule has 0 saturated heterocycles. The topological polar surface area (TPSA) is 118 Å². The summed E-state index contributed by atoms with van der Waals surface area (Å²) >= 11 is 0. The normalized spacial score (nSPS) is 23.3. The highest BCUT2D eigenvalue weighted by Crippen LogP contribution is 2.39. The molecule has 3 aromatic rings. The summed E-state index contributed by atoms with van der Waals surface area (Å²) in [6.07, 6.45) is -1.86. The number of H-pyrrole nitrogens is 1. The molecule has 0 bridgehead atoms. The maximum absolute atomic E-state index is 15.1. The lowest BCUT2D eigenvalue weighted by Crippen LogP contribution is -2.38. The fourth-order valence-electron chi connectivity index (χ4n) is 4.03. The van der Waals surface area contributed by atoms with Gasteiger partial charge in [0, 0.05) is 41.7 Å². The lowest BCUT2D eigenvalue weighted by atomic mass is 10.0. The fourth-order valence-corrected chi connectivity index (χ4v) is 4.03. The van der Waals surface area contributed by atoms with Crippen molar-refractivity contribution in [3.63, 3.8) is 0 Å². The molecule has 0 spiro atoms. The van der Waals surface area contributed by atoms with Gasteiger partial charge in [0.25, 0.3) is 0 Å². The number of carbonyl (C=O) groups excluding carboxylic acids is 1. The Balaban J connectivity index is 1.24. The number of rotatable bonds is 7. The van der Waals surface area contributed by atoms with E-state index in [-0.39, 0.29) is 17.2 Å². The molecule has 1 amide bonds. The molecule has 2 saturated carbocycles. The standard InChI is InChI=1S/C21H23F4N7O3/c1-20(4-5-20)28-19(33)35-14-3-2-11(17(14)22)12-8-15(30-29-12)27-18-13-9-16(34-10-21(23,24)25)31-32(13)7-6-26-18/h6-9,11,14,17H,2-5,10H2,1H3,(H,28,33)(H2,26,27,29,30)/t11-,14-,17-/m0/s1. The molecule has 0 aliphatic heterocycles. The summed E-state index contributed by atoms with van der Waals surface area (Å²) in [4.78, 5) is 16.2. The number of amides is 1. The Kier molecular flexibility index (Phi) is 5.68. The van der Waals surface area contributed by atoms with Gasteiger partial charge in [-0.3, -0.25) is 5.10 Å². The average molecular weight is 497 g/mol. The number of nitrogens with zero attached hydrogens (tertiary/aromatic N) is 4. The number of nitrogens with one attached hydrogen (secondary N) is 3. The van der Waals surface area contributed by atoms with Crippen molar-refractivity contribution in [3.8, 4) is 5.88 Å². The van der Waals surface area contributed by atoms with E-state index in [1.165, 1.54) is 23.0 Å². The second-order valence-electron chi connectivity index (χ2n) is 9.08. The third kappa shape index (κ3) is 5.25. The third-order valence-corrected chi connectivity index (χ3v) is 6.16. The summed E-state index contributed by atoms with van der Waals surface area (Å²) in [6, 6.07) is 2.94. The molecule has 2 fully saturated rings. The van der Waals surface area contributed by atoms with Gasteiger partial charge in [-0.25, -0.2) is 18.7 Å². The third-order valence-electron chi connectivity index (χ3n) is 6.16. The Bertz CT molecular complexity index is 1220. The Hall–Kier alpha value is -3.58. The van der Waals surface area contributed by atoms with Gasteiger partial charge in [-0.15, -0.1) is 5.10 Å². The molecule has 0 unspecified atom stereocenters. The number of aromatic amines is 1. The first-order valence-corrected chi connectivity index (χ1v) is 11.1. The molecule has 0 radical (unpaired) electrons. The van der Waals surface area contributed by atoms with Crippen molar-refractivity contribution < 1.29 is 31.8 Å². The minimum absolute atomic E-state index is 0.210. The molecule has 5 rings (SSSR count). The first-order chi connectivity index (χ1) is 16.6. The van der Waals surface area contributed by atoms with Gasteiger partial charge in [0.2, 0.25) is 5.88 Å². The van der Waals surface area contributed by atoms with Gasteiger partial charge in [-0.2, -0.15) is 18.3 Å². The predicted octanol–water partition coefficient (Wildman–Crippen LogP) is 4.00. The van der Waals surface area contributed by atoms with Crippen LogP contribution in [0, 0.1) is 0 Å². The lowest BCUT2D eigenvalue weighted by molar-refractivity contribution is -0.154. The van der Waals surface area contributed by atoms with Crippen LogP contribution in [0.3, 0.4) is 0 Å². The molecular formula is C21H23F4N7O3. The summed E-state index contributed by atoms with van der Waals surface area (Å²) in [5, 5.41) is 16.6. The summed E-state index contributed by atoms with van der Waals surface area (Å²) in [6.45, 7) is 0.445. The first kappa shape index (κ1) is 23.2. The Morgan fingerprint density at radius 2 is 2.11 bits per heavy atom. The number of alkyl halides is 4. The molecular weight excluding hydrogens is 474 g/mol. The number of alkyl carbamates (subject to hydrolysis) is 1. The van der Waals surface area contributed by atoms with E-state index in [1.807, 2.05) is 6.92 Å². The van der Waals surface area contributed by atoms with Crippen LogP contribution in [0.2, 0.25) is 0 Å². The van der Waals surface area contributed by atoms with Gasteiger partial charge in [0.1, 0.15) is 17.8 Å². The van der Waals surface area contributed by atoms with Crippen LogP contribution in [0.1, 0.15) is 44.2 Å². The van der Waals surface area contributed by atoms with Gasteiger partial charge in [0.15, 0.2) is 18.2 Å². The monoisotopic (exact) mass is 497 g/mol. The zero-order valence-corrected chi connectivity index (χ0v) is 18.6. The van der Waals surface area contributed by atoms with E-state index in [4.69, 9.17) is 9.47 Å². The van der Waals surface area contributed by atoms with Crippen molar-refractivity contribution in [2.45, 2.75) is 62.5 Å². The highest BCUT2D eigenvalue weighted by Gasteiger charge is 2.43. The molecule has 3 heterocycles. The maximum atomic E-state index is 15.1. The van der Waals surface area contributed by atoms with Crippen molar-refractivity contribution in [2.75, 3.05) is 11.9 Å². The van der Waals surface area contributed by atoms with E-state index < -0.39 is 37.1 Å². The second-order valence-corrected chi connectivity index (χ2v) is 9.08. The predicted molar refractivity (Wildman–Crippen MR) is 114 cm³/mol. The highest BCUT2D eigenvalue weighted by atomic mass is 19.4. The van der Waals surface area contributed by atoms with Crippen LogP contribution < -0.4 is 15.4 Å². The molecule has 3 atom stereocenters. The van der Waals surface area contributed by atoms with E-state index >= 15 is 4.39 Å². The number of carbonyl (C=O) groups is 1. The van der Waals surface area contributed by atoms with Gasteiger partial charge < -0.3 is 20.1 Å². The number of anilines is 2. The quantitative estimate of drug-likeness (QED) is 0.422. The maximum Gasteiger partial charge on any atom is 0.422 e. The number of halogens is 4. The van der Waals surface area contributed by atoms with Crippen molar-refractivity contribution in [1.82, 2.24) is 30.1 Å². The van der Waals surface area contributed by atoms with E-state index in [0.29, 0.717) is 29.9 Å². The average Bonchev–Trinajstić information content (AvgIpc) is 3.14. The van der Waals surface area contributed by atoms with Crippen molar-refractivity contribution >= 4 is 23.2 Å². The Morgan fingerprint density at radius 3 is 2.86 bits per heavy atom. The van der Waals surface area contributed by atoms with Gasteiger partial charge in [-0.05, 0) is 32.6 Å². The summed E-state index contributed by atoms with van der Waals surface area (Å²) in [5.74, 6) is -0.142. The van der Waals surface area contributed by atoms with Crippen molar-refractivity contribution in [1.29, 1.82) is 0 Å². The minimum atomic E-state index is -4.49. The highest BCUT2D eigenvalue weighted by molar-refractivity contribution is 5.73. The number of fused-ring (bicyclic) bond motifs is 1. The van der Waals surface area contributed by atoms with E-state index in [2.05, 4.69) is 30.9 Å². The molecule has 3 N–H and O–H groups in total. The van der Waals surface area contributed by atoms with Crippen LogP contribution in [-0.2, 0) is 4.74 Å². The zero-order valence-electron chi connectivity index (χ0n) is 18.6. The smallest absolute Gasteiger partial charge is 0.422 e. The number of ether oxygens (including phenoxy) is 2. The van der Waals surface area contributed by atoms with Crippen LogP contribution in [-0.4, -0.2) is 61.5 Å². The van der Waals surface area contributed by atoms with Gasteiger partial charge >= 0.3 is 12.3 Å². The molecule has 10 nitrogen and oxygen atoms in total. The molecule has 35 heavy (non-hydrogen) atoms. The van der Waals surface area contributed by atoms with Crippen LogP contribution in [0.4, 0.5) is 34.0 Å². The largest absolute Gasteiger partial charge is 0.467 e. The van der Waals surface area contributed by atoms with Crippen molar-refractivity contribution in [3.05, 3.63) is 30.2 Å². The van der Waals surface area contributed by atoms with Gasteiger partial charge in [-0.1, -0.05) is 0 Å². The molecule has 3 aromatic heterocycles. The Labute approximate surface area is 196 Å². The zero-order chi connectivity index (χ0) is 24.8. The molecule has 0 aromatic carbocycles. The lowest BCUT2D eigenvalue weighted by Gasteiger charge is -2.19. The summed E-state index contributed by atoms with van der Waals surface area (Å²) in [5.41, 5.74) is 0.639. The molecule has 14 heteroatoms. The van der Waals surface area contributed by atoms with Crippen molar-refractivity contribution in [2.24, 2.45) is 0 Å². The van der Waals surface area contributed by atoms with E-state index in [0.717, 1.165) is 12.8 Å². The SMILES string of the molecule is CC1(NC(=O)O[C@H]2CC[C@@H](c3cc(Nc4nccn5nc(OCC(F)(F)F)cc45)n[nH]3)[C@@H]2F)CC1. The molecule has 2 aliphatic rings. The fraction of sp³-hybridized carbons (Fsp3) is 0.524. The summed E-state index contributed by atoms with van der Waals surface area (Å²) < 4.78 is 63.7. The van der Waals surface area contributed by atoms with E-state index in [9.17, 15) is 18.0 Å². The second kappa shape index (κ2) is 8.57. The molecule has 2 aliphatic carbocycles. The van der Waals surface area contributed by atoms with Crippen LogP contribution in [0.15, 0.2) is 24.5 Å². The summed E-state index contributed by atoms with van der Waals surface area (Å²) in [7, 11) is 0. The van der Waals surface area contributed by atoms with Crippen LogP contribution >= 0.6 is 0 Å². The minimum Gasteiger partial charge on any atom is -0.467 e. The number of hydrogen-bond donors (Lipinski definition) is 3. The Morgan fingerprint density at radius 1 is 1.31 bits per heavy atom. The van der Waals surface area contributed by atoms with Crippen LogP contribution in [0.5, 0.6) is 5.88 Å². The van der Waals surface area contributed by atoms with Gasteiger partial charge in [0.05, 0.1) is 0 Å². The van der Waals surface area contributed by atoms with Crippen LogP contribution in [0.25, 0.3) is 5.52 Å². The number of aromatic nitrogens is 5. The number of hydrogen-bond acceptors (Lipinski definition) is 7. The molecule has 188 valence electrons. The first-order valence-electron chi connectivity index (χ1n) is 11.1.